The molecule has 0 aromatic carbocycles. The standard InChI is InChI=1S/C15H27N3.C6H12O/c1-3-4-10-18(2)12-14-11-16-17-15(14)13-8-6-5-7-9-13;1-6(2)4-3-5-7-6/h11,13H,3-10,12H2,1-2H3,(H,16,17);3-5H2,1-2H3. The maximum Gasteiger partial charge on any atom is 0.0627 e. The minimum atomic E-state index is 0.194. The first-order valence-electron chi connectivity index (χ1n) is 10.4. The third kappa shape index (κ3) is 7.10. The lowest BCUT2D eigenvalue weighted by Gasteiger charge is -2.23. The molecule has 25 heavy (non-hydrogen) atoms. The van der Waals surface area contributed by atoms with Crippen LogP contribution < -0.4 is 0 Å². The highest BCUT2D eigenvalue weighted by Gasteiger charge is 2.23. The summed E-state index contributed by atoms with van der Waals surface area (Å²) in [5.41, 5.74) is 3.03. The number of ether oxygens (including phenoxy) is 1. The predicted molar refractivity (Wildman–Crippen MR) is 105 cm³/mol. The zero-order valence-corrected chi connectivity index (χ0v) is 16.9. The van der Waals surface area contributed by atoms with Crippen molar-refractivity contribution in [3.05, 3.63) is 17.5 Å². The van der Waals surface area contributed by atoms with E-state index < -0.39 is 0 Å². The molecule has 0 atom stereocenters. The molecular weight excluding hydrogens is 310 g/mol. The molecule has 1 saturated heterocycles. The van der Waals surface area contributed by atoms with Crippen LogP contribution in [0.15, 0.2) is 6.20 Å². The molecule has 1 aromatic rings. The lowest BCUT2D eigenvalue weighted by atomic mass is 9.85. The van der Waals surface area contributed by atoms with E-state index in [1.54, 1.807) is 0 Å². The number of hydrogen-bond donors (Lipinski definition) is 1. The lowest BCUT2D eigenvalue weighted by molar-refractivity contribution is 0.0367. The first-order chi connectivity index (χ1) is 12.0. The number of nitrogens with one attached hydrogen (secondary N) is 1. The third-order valence-corrected chi connectivity index (χ3v) is 5.51. The average Bonchev–Trinajstić information content (AvgIpc) is 3.22. The van der Waals surface area contributed by atoms with Gasteiger partial charge in [0.15, 0.2) is 0 Å². The van der Waals surface area contributed by atoms with E-state index in [9.17, 15) is 0 Å². The molecule has 2 aliphatic rings. The Bertz CT molecular complexity index is 469. The van der Waals surface area contributed by atoms with Crippen LogP contribution in [-0.4, -0.2) is 40.9 Å². The number of aromatic nitrogens is 2. The highest BCUT2D eigenvalue weighted by atomic mass is 16.5. The Labute approximate surface area is 154 Å². The van der Waals surface area contributed by atoms with Gasteiger partial charge in [-0.05, 0) is 59.5 Å². The summed E-state index contributed by atoms with van der Waals surface area (Å²) in [6.45, 7) is 9.72. The van der Waals surface area contributed by atoms with Crippen molar-refractivity contribution in [2.75, 3.05) is 20.2 Å². The topological polar surface area (TPSA) is 41.1 Å². The van der Waals surface area contributed by atoms with Gasteiger partial charge in [-0.15, -0.1) is 0 Å². The molecule has 4 nitrogen and oxygen atoms in total. The van der Waals surface area contributed by atoms with E-state index in [2.05, 4.69) is 42.9 Å². The molecule has 1 aromatic heterocycles. The molecule has 0 radical (unpaired) electrons. The molecule has 0 amide bonds. The highest BCUT2D eigenvalue weighted by molar-refractivity contribution is 5.20. The fraction of sp³-hybridized carbons (Fsp3) is 0.857. The van der Waals surface area contributed by atoms with Crippen LogP contribution in [0.1, 0.15) is 95.7 Å². The highest BCUT2D eigenvalue weighted by Crippen LogP contribution is 2.33. The summed E-state index contributed by atoms with van der Waals surface area (Å²) < 4.78 is 5.34. The molecule has 1 N–H and O–H groups in total. The molecule has 2 fully saturated rings. The molecule has 2 heterocycles. The summed E-state index contributed by atoms with van der Waals surface area (Å²) in [5, 5.41) is 7.54. The molecular formula is C21H39N3O. The second-order valence-electron chi connectivity index (χ2n) is 8.45. The van der Waals surface area contributed by atoms with E-state index >= 15 is 0 Å². The molecule has 0 bridgehead atoms. The van der Waals surface area contributed by atoms with Crippen molar-refractivity contribution in [1.29, 1.82) is 0 Å². The van der Waals surface area contributed by atoms with Gasteiger partial charge < -0.3 is 9.64 Å². The molecule has 1 aliphatic carbocycles. The molecule has 1 saturated carbocycles. The fourth-order valence-corrected chi connectivity index (χ4v) is 3.91. The maximum absolute atomic E-state index is 5.34. The van der Waals surface area contributed by atoms with Gasteiger partial charge in [-0.25, -0.2) is 0 Å². The van der Waals surface area contributed by atoms with Gasteiger partial charge in [0.05, 0.1) is 11.8 Å². The number of aromatic amines is 1. The zero-order chi connectivity index (χ0) is 18.1. The van der Waals surface area contributed by atoms with Crippen molar-refractivity contribution >= 4 is 0 Å². The molecule has 1 aliphatic heterocycles. The molecule has 144 valence electrons. The summed E-state index contributed by atoms with van der Waals surface area (Å²) in [6.07, 6.45) is 13.9. The van der Waals surface area contributed by atoms with E-state index in [1.807, 2.05) is 6.20 Å². The van der Waals surface area contributed by atoms with E-state index in [0.717, 1.165) is 19.1 Å². The van der Waals surface area contributed by atoms with Gasteiger partial charge in [-0.1, -0.05) is 32.6 Å². The van der Waals surface area contributed by atoms with Gasteiger partial charge in [-0.2, -0.15) is 5.10 Å². The Morgan fingerprint density at radius 3 is 2.56 bits per heavy atom. The van der Waals surface area contributed by atoms with Gasteiger partial charge in [-0.3, -0.25) is 5.10 Å². The summed E-state index contributed by atoms with van der Waals surface area (Å²) in [5.74, 6) is 0.732. The van der Waals surface area contributed by atoms with Gasteiger partial charge in [0.1, 0.15) is 0 Å². The van der Waals surface area contributed by atoms with Crippen LogP contribution >= 0.6 is 0 Å². The Balaban J connectivity index is 0.000000269. The second-order valence-corrected chi connectivity index (χ2v) is 8.45. The van der Waals surface area contributed by atoms with Crippen LogP contribution in [0.4, 0.5) is 0 Å². The van der Waals surface area contributed by atoms with E-state index in [0.29, 0.717) is 0 Å². The van der Waals surface area contributed by atoms with Crippen LogP contribution in [-0.2, 0) is 11.3 Å². The molecule has 0 spiro atoms. The van der Waals surface area contributed by atoms with Crippen LogP contribution in [0, 0.1) is 0 Å². The van der Waals surface area contributed by atoms with Gasteiger partial charge in [0, 0.05) is 30.3 Å². The smallest absolute Gasteiger partial charge is 0.0627 e. The zero-order valence-electron chi connectivity index (χ0n) is 16.9. The number of H-pyrrole nitrogens is 1. The van der Waals surface area contributed by atoms with Crippen molar-refractivity contribution in [1.82, 2.24) is 15.1 Å². The van der Waals surface area contributed by atoms with E-state index in [1.165, 1.54) is 75.6 Å². The molecule has 3 rings (SSSR count). The average molecular weight is 350 g/mol. The minimum absolute atomic E-state index is 0.194. The second kappa shape index (κ2) is 10.3. The number of nitrogens with zero attached hydrogens (tertiary/aromatic N) is 2. The summed E-state index contributed by atoms with van der Waals surface area (Å²) in [6, 6.07) is 0. The predicted octanol–water partition coefficient (Wildman–Crippen LogP) is 5.26. The Kier molecular flexibility index (Phi) is 8.44. The maximum atomic E-state index is 5.34. The largest absolute Gasteiger partial charge is 0.376 e. The Morgan fingerprint density at radius 2 is 2.00 bits per heavy atom. The SMILES string of the molecule is CC1(C)CCCO1.CCCCN(C)Cc1cn[nH]c1C1CCCCC1. The van der Waals surface area contributed by atoms with Crippen molar-refractivity contribution in [2.45, 2.75) is 96.6 Å². The van der Waals surface area contributed by atoms with Crippen LogP contribution in [0.2, 0.25) is 0 Å². The number of hydrogen-bond acceptors (Lipinski definition) is 3. The van der Waals surface area contributed by atoms with Gasteiger partial charge in [0.2, 0.25) is 0 Å². The van der Waals surface area contributed by atoms with Crippen molar-refractivity contribution in [3.8, 4) is 0 Å². The van der Waals surface area contributed by atoms with Crippen LogP contribution in [0.3, 0.4) is 0 Å². The monoisotopic (exact) mass is 349 g/mol. The third-order valence-electron chi connectivity index (χ3n) is 5.51. The van der Waals surface area contributed by atoms with E-state index in [4.69, 9.17) is 4.74 Å². The quantitative estimate of drug-likeness (QED) is 0.761. The summed E-state index contributed by atoms with van der Waals surface area (Å²) in [7, 11) is 2.22. The number of unbranched alkanes of at least 4 members (excludes halogenated alkanes) is 1. The first kappa shape index (κ1) is 20.4. The first-order valence-corrected chi connectivity index (χ1v) is 10.4. The fourth-order valence-electron chi connectivity index (χ4n) is 3.91. The van der Waals surface area contributed by atoms with Crippen molar-refractivity contribution in [2.24, 2.45) is 0 Å². The normalized spacial score (nSPS) is 20.5. The van der Waals surface area contributed by atoms with Crippen molar-refractivity contribution < 1.29 is 4.74 Å². The summed E-state index contributed by atoms with van der Waals surface area (Å²) >= 11 is 0. The minimum Gasteiger partial charge on any atom is -0.376 e. The van der Waals surface area contributed by atoms with Crippen LogP contribution in [0.25, 0.3) is 0 Å². The molecule has 4 heteroatoms. The molecule has 0 unspecified atom stereocenters. The van der Waals surface area contributed by atoms with Gasteiger partial charge >= 0.3 is 0 Å². The Hall–Kier alpha value is -0.870. The van der Waals surface area contributed by atoms with Crippen LogP contribution in [0.5, 0.6) is 0 Å². The van der Waals surface area contributed by atoms with Crippen molar-refractivity contribution in [3.63, 3.8) is 0 Å². The van der Waals surface area contributed by atoms with E-state index in [-0.39, 0.29) is 5.60 Å². The lowest BCUT2D eigenvalue weighted by Crippen LogP contribution is -2.20. The Morgan fingerprint density at radius 1 is 1.24 bits per heavy atom. The van der Waals surface area contributed by atoms with Gasteiger partial charge in [0.25, 0.3) is 0 Å². The number of rotatable bonds is 6. The summed E-state index contributed by atoms with van der Waals surface area (Å²) in [4.78, 5) is 2.42.